The Bertz CT molecular complexity index is 679. The predicted octanol–water partition coefficient (Wildman–Crippen LogP) is 4.28. The van der Waals surface area contributed by atoms with Gasteiger partial charge in [0, 0.05) is 16.5 Å². The molecule has 142 valence electrons. The van der Waals surface area contributed by atoms with Crippen molar-refractivity contribution in [1.82, 2.24) is 4.72 Å². The molecule has 9 heteroatoms. The Kier molecular flexibility index (Phi) is 5.74. The van der Waals surface area contributed by atoms with Crippen LogP contribution in [-0.2, 0) is 16.9 Å². The lowest BCUT2D eigenvalue weighted by atomic mass is 9.75. The second kappa shape index (κ2) is 6.90. The number of nitrogens with one attached hydrogen (secondary N) is 1. The number of benzene rings is 1. The van der Waals surface area contributed by atoms with Crippen LogP contribution in [0.5, 0.6) is 0 Å². The molecule has 0 heterocycles. The molecule has 2 N–H and O–H groups in total. The molecule has 0 radical (unpaired) electrons. The van der Waals surface area contributed by atoms with E-state index in [0.717, 1.165) is 0 Å². The van der Waals surface area contributed by atoms with Gasteiger partial charge in [-0.2, -0.15) is 0 Å². The van der Waals surface area contributed by atoms with Crippen LogP contribution < -0.4 is 4.72 Å². The molecular formula is C16H20BrF4NO2S. The van der Waals surface area contributed by atoms with Crippen LogP contribution in [0.2, 0.25) is 0 Å². The molecule has 3 atom stereocenters. The van der Waals surface area contributed by atoms with E-state index in [4.69, 9.17) is 5.11 Å². The minimum atomic E-state index is -3.75. The maximum absolute atomic E-state index is 14.5. The molecule has 0 saturated carbocycles. The molecule has 0 amide bonds. The summed E-state index contributed by atoms with van der Waals surface area (Å²) in [6, 6.07) is 2.64. The van der Waals surface area contributed by atoms with Crippen molar-refractivity contribution in [1.29, 1.82) is 0 Å². The fraction of sp³-hybridized carbons (Fsp3) is 0.625. The number of fused-ring (bicyclic) bond motifs is 1. The molecule has 2 rings (SSSR count). The average Bonchev–Trinajstić information content (AvgIpc) is 2.48. The zero-order chi connectivity index (χ0) is 19.2. The zero-order valence-corrected chi connectivity index (χ0v) is 16.4. The first kappa shape index (κ1) is 20.8. The minimum Gasteiger partial charge on any atom is -0.390 e. The van der Waals surface area contributed by atoms with E-state index < -0.39 is 52.6 Å². The lowest BCUT2D eigenvalue weighted by Crippen LogP contribution is -2.49. The highest BCUT2D eigenvalue weighted by Crippen LogP contribution is 2.52. The van der Waals surface area contributed by atoms with Crippen LogP contribution >= 0.6 is 15.9 Å². The Morgan fingerprint density at radius 2 is 1.96 bits per heavy atom. The highest BCUT2D eigenvalue weighted by atomic mass is 79.9. The molecule has 0 fully saturated rings. The maximum Gasteiger partial charge on any atom is 0.275 e. The van der Waals surface area contributed by atoms with Crippen molar-refractivity contribution in [3.05, 3.63) is 33.8 Å². The van der Waals surface area contributed by atoms with Gasteiger partial charge in [-0.05, 0) is 38.5 Å². The summed E-state index contributed by atoms with van der Waals surface area (Å²) in [5.41, 5.74) is -0.412. The second-order valence-electron chi connectivity index (χ2n) is 7.14. The van der Waals surface area contributed by atoms with Gasteiger partial charge in [0.05, 0.1) is 27.7 Å². The van der Waals surface area contributed by atoms with Crippen molar-refractivity contribution in [2.45, 2.75) is 49.8 Å². The van der Waals surface area contributed by atoms with Gasteiger partial charge in [-0.15, -0.1) is 0 Å². The standard InChI is InChI=1S/C16H20BrF4NO2S/c1-14(2,3)25(24)22-13-10-6-9(17)4-5-11(10)15(18,19)7-12(13)16(20,21)8-23/h4-6,12-13,22-23H,7-8H2,1-3H3/t12-,13?,25-/m1/s1. The van der Waals surface area contributed by atoms with Crippen LogP contribution in [0, 0.1) is 5.92 Å². The van der Waals surface area contributed by atoms with Crippen molar-refractivity contribution >= 4 is 26.9 Å². The Balaban J connectivity index is 2.59. The number of rotatable bonds is 4. The van der Waals surface area contributed by atoms with Gasteiger partial charge in [0.25, 0.3) is 11.8 Å². The normalized spacial score (nSPS) is 24.7. The van der Waals surface area contributed by atoms with Crippen LogP contribution in [0.3, 0.4) is 0 Å². The van der Waals surface area contributed by atoms with E-state index in [-0.39, 0.29) is 11.1 Å². The quantitative estimate of drug-likeness (QED) is 0.679. The average molecular weight is 446 g/mol. The van der Waals surface area contributed by atoms with E-state index in [0.29, 0.717) is 4.47 Å². The van der Waals surface area contributed by atoms with Crippen LogP contribution in [0.1, 0.15) is 44.4 Å². The summed E-state index contributed by atoms with van der Waals surface area (Å²) < 4.78 is 72.1. The summed E-state index contributed by atoms with van der Waals surface area (Å²) >= 11 is 3.16. The molecular weight excluding hydrogens is 426 g/mol. The molecule has 0 saturated heterocycles. The van der Waals surface area contributed by atoms with Gasteiger partial charge < -0.3 is 5.11 Å². The van der Waals surface area contributed by atoms with Crippen molar-refractivity contribution in [2.75, 3.05) is 6.61 Å². The number of hydrogen-bond acceptors (Lipinski definition) is 2. The first-order valence-corrected chi connectivity index (χ1v) is 9.58. The van der Waals surface area contributed by atoms with E-state index in [1.807, 2.05) is 0 Å². The summed E-state index contributed by atoms with van der Waals surface area (Å²) in [5.74, 6) is -9.12. The summed E-state index contributed by atoms with van der Waals surface area (Å²) in [6.07, 6.45) is -1.14. The molecule has 0 spiro atoms. The molecule has 0 aliphatic heterocycles. The number of alkyl halides is 4. The third kappa shape index (κ3) is 4.26. The van der Waals surface area contributed by atoms with Gasteiger partial charge in [-0.1, -0.05) is 22.0 Å². The Morgan fingerprint density at radius 1 is 1.36 bits per heavy atom. The lowest BCUT2D eigenvalue weighted by molar-refractivity contribution is -0.149. The number of halogens is 5. The molecule has 1 aliphatic rings. The molecule has 1 aromatic carbocycles. The molecule has 1 aliphatic carbocycles. The zero-order valence-electron chi connectivity index (χ0n) is 14.0. The number of aliphatic hydroxyl groups excluding tert-OH is 1. The fourth-order valence-electron chi connectivity index (χ4n) is 2.79. The van der Waals surface area contributed by atoms with E-state index in [2.05, 4.69) is 20.7 Å². The largest absolute Gasteiger partial charge is 0.390 e. The van der Waals surface area contributed by atoms with E-state index in [9.17, 15) is 21.8 Å². The van der Waals surface area contributed by atoms with Gasteiger partial charge >= 0.3 is 0 Å². The van der Waals surface area contributed by atoms with Crippen molar-refractivity contribution < 1.29 is 26.9 Å². The van der Waals surface area contributed by atoms with Gasteiger partial charge in [0.1, 0.15) is 6.61 Å². The third-order valence-corrected chi connectivity index (χ3v) is 6.24. The summed E-state index contributed by atoms with van der Waals surface area (Å²) in [6.45, 7) is 3.38. The fourth-order valence-corrected chi connectivity index (χ4v) is 4.05. The van der Waals surface area contributed by atoms with Crippen molar-refractivity contribution in [2.24, 2.45) is 5.92 Å². The Hall–Kier alpha value is -0.510. The van der Waals surface area contributed by atoms with Crippen LogP contribution in [0.25, 0.3) is 0 Å². The summed E-state index contributed by atoms with van der Waals surface area (Å²) in [5, 5.41) is 9.02. The van der Waals surface area contributed by atoms with Crippen molar-refractivity contribution in [3.8, 4) is 0 Å². The lowest BCUT2D eigenvalue weighted by Gasteiger charge is -2.41. The van der Waals surface area contributed by atoms with Gasteiger partial charge in [0.15, 0.2) is 0 Å². The smallest absolute Gasteiger partial charge is 0.275 e. The Labute approximate surface area is 154 Å². The minimum absolute atomic E-state index is 0.0404. The summed E-state index contributed by atoms with van der Waals surface area (Å²) in [7, 11) is -1.76. The maximum atomic E-state index is 14.5. The van der Waals surface area contributed by atoms with E-state index >= 15 is 0 Å². The first-order valence-electron chi connectivity index (χ1n) is 7.64. The van der Waals surface area contributed by atoms with Gasteiger partial charge in [-0.25, -0.2) is 26.5 Å². The Morgan fingerprint density at radius 3 is 2.48 bits per heavy atom. The molecule has 0 bridgehead atoms. The number of aliphatic hydroxyl groups is 1. The number of hydrogen-bond donors (Lipinski definition) is 2. The SMILES string of the molecule is CC(C)(C)[S@@](=O)NC1c2cc(Br)ccc2C(F)(F)C[C@H]1C(F)(F)CO. The van der Waals surface area contributed by atoms with Gasteiger partial charge in [0.2, 0.25) is 0 Å². The van der Waals surface area contributed by atoms with E-state index in [1.54, 1.807) is 20.8 Å². The highest BCUT2D eigenvalue weighted by molar-refractivity contribution is 9.10. The third-order valence-electron chi connectivity index (χ3n) is 4.16. The molecule has 1 aromatic rings. The highest BCUT2D eigenvalue weighted by Gasteiger charge is 2.55. The molecule has 1 unspecified atom stereocenters. The predicted molar refractivity (Wildman–Crippen MR) is 91.9 cm³/mol. The van der Waals surface area contributed by atoms with Crippen LogP contribution in [-0.4, -0.2) is 26.6 Å². The monoisotopic (exact) mass is 445 g/mol. The molecule has 3 nitrogen and oxygen atoms in total. The first-order chi connectivity index (χ1) is 11.3. The van der Waals surface area contributed by atoms with Crippen LogP contribution in [0.15, 0.2) is 22.7 Å². The second-order valence-corrected chi connectivity index (χ2v) is 10.1. The van der Waals surface area contributed by atoms with Gasteiger partial charge in [-0.3, -0.25) is 0 Å². The van der Waals surface area contributed by atoms with Crippen molar-refractivity contribution in [3.63, 3.8) is 0 Å². The van der Waals surface area contributed by atoms with Crippen LogP contribution in [0.4, 0.5) is 17.6 Å². The van der Waals surface area contributed by atoms with E-state index in [1.165, 1.54) is 18.2 Å². The molecule has 0 aromatic heterocycles. The molecule has 25 heavy (non-hydrogen) atoms. The summed E-state index contributed by atoms with van der Waals surface area (Å²) in [4.78, 5) is 0. The topological polar surface area (TPSA) is 49.3 Å².